The fourth-order valence-electron chi connectivity index (χ4n) is 4.23. The summed E-state index contributed by atoms with van der Waals surface area (Å²) in [5.41, 5.74) is 0. The van der Waals surface area contributed by atoms with Gasteiger partial charge in [0.2, 0.25) is 0 Å². The topological polar surface area (TPSA) is 132 Å². The number of hydrogen-bond donors (Lipinski definition) is 3. The van der Waals surface area contributed by atoms with Crippen molar-refractivity contribution < 1.29 is 43.0 Å². The lowest BCUT2D eigenvalue weighted by Crippen LogP contribution is -2.29. The van der Waals surface area contributed by atoms with Crippen molar-refractivity contribution in [3.63, 3.8) is 0 Å². The molecule has 0 bridgehead atoms. The summed E-state index contributed by atoms with van der Waals surface area (Å²) < 4.78 is 33.1. The fraction of sp³-hybridized carbons (Fsp3) is 0.703. The smallest absolute Gasteiger partial charge is 0.457 e. The van der Waals surface area contributed by atoms with Gasteiger partial charge in [0.25, 0.3) is 0 Å². The molecule has 0 aliphatic rings. The number of unbranched alkanes of at least 4 members (excludes halogenated alkanes) is 9. The molecule has 3 unspecified atom stereocenters. The van der Waals surface area contributed by atoms with Crippen LogP contribution in [0, 0.1) is 0 Å². The third-order valence-corrected chi connectivity index (χ3v) is 7.87. The van der Waals surface area contributed by atoms with Crippen LogP contribution in [0.25, 0.3) is 0 Å². The second kappa shape index (κ2) is 34.0. The van der Waals surface area contributed by atoms with Gasteiger partial charge in [-0.25, -0.2) is 4.57 Å². The van der Waals surface area contributed by atoms with Crippen LogP contribution in [0.2, 0.25) is 0 Å². The molecule has 0 radical (unpaired) electrons. The molecule has 0 aromatic rings. The Morgan fingerprint density at radius 1 is 0.681 bits per heavy atom. The third kappa shape index (κ3) is 33.8. The molecule has 3 N–H and O–H groups in total. The maximum absolute atomic E-state index is 12.5. The molecule has 0 saturated carbocycles. The molecule has 0 aromatic carbocycles. The first-order valence-electron chi connectivity index (χ1n) is 17.8. The van der Waals surface area contributed by atoms with Crippen molar-refractivity contribution in [1.29, 1.82) is 0 Å². The average molecular weight is 685 g/mol. The molecule has 10 heteroatoms. The zero-order chi connectivity index (χ0) is 34.7. The second-order valence-electron chi connectivity index (χ2n) is 11.5. The molecule has 0 aromatic heterocycles. The summed E-state index contributed by atoms with van der Waals surface area (Å²) in [5, 5.41) is 18.2. The van der Waals surface area contributed by atoms with Gasteiger partial charge in [0.1, 0.15) is 12.2 Å². The highest BCUT2D eigenvalue weighted by Gasteiger charge is 2.26. The Labute approximate surface area is 285 Å². The Hall–Kier alpha value is -1.84. The minimum atomic E-state index is -4.52. The molecular weight excluding hydrogens is 619 g/mol. The van der Waals surface area contributed by atoms with E-state index < -0.39 is 45.8 Å². The van der Waals surface area contributed by atoms with E-state index in [4.69, 9.17) is 23.6 Å². The van der Waals surface area contributed by atoms with E-state index >= 15 is 0 Å². The minimum absolute atomic E-state index is 0.0249. The first-order chi connectivity index (χ1) is 22.8. The van der Waals surface area contributed by atoms with Gasteiger partial charge in [-0.3, -0.25) is 13.8 Å². The van der Waals surface area contributed by atoms with E-state index in [0.29, 0.717) is 13.0 Å². The Kier molecular flexibility index (Phi) is 32.7. The van der Waals surface area contributed by atoms with Crippen molar-refractivity contribution in [1.82, 2.24) is 0 Å². The van der Waals surface area contributed by atoms with E-state index in [1.807, 2.05) is 0 Å². The number of phosphoric acid groups is 1. The van der Waals surface area contributed by atoms with Gasteiger partial charge in [0.15, 0.2) is 0 Å². The van der Waals surface area contributed by atoms with Crippen LogP contribution >= 0.6 is 7.82 Å². The summed E-state index contributed by atoms with van der Waals surface area (Å²) in [5.74, 6) is -0.429. The monoisotopic (exact) mass is 684 g/mol. The van der Waals surface area contributed by atoms with Gasteiger partial charge in [-0.15, -0.1) is 0 Å². The van der Waals surface area contributed by atoms with Gasteiger partial charge in [0, 0.05) is 13.0 Å². The van der Waals surface area contributed by atoms with E-state index in [2.05, 4.69) is 74.6 Å². The number of aliphatic hydroxyl groups is 2. The van der Waals surface area contributed by atoms with Crippen LogP contribution in [0.5, 0.6) is 0 Å². The summed E-state index contributed by atoms with van der Waals surface area (Å²) in [6.07, 6.45) is 36.1. The van der Waals surface area contributed by atoms with Crippen LogP contribution in [0.15, 0.2) is 60.8 Å². The molecule has 0 rings (SSSR count). The zero-order valence-electron chi connectivity index (χ0n) is 29.2. The Morgan fingerprint density at radius 3 is 1.85 bits per heavy atom. The van der Waals surface area contributed by atoms with Gasteiger partial charge in [0.05, 0.1) is 26.4 Å². The zero-order valence-corrected chi connectivity index (χ0v) is 30.1. The van der Waals surface area contributed by atoms with Crippen molar-refractivity contribution in [3.05, 3.63) is 60.8 Å². The lowest BCUT2D eigenvalue weighted by Gasteiger charge is -2.20. The van der Waals surface area contributed by atoms with Gasteiger partial charge in [-0.2, -0.15) is 0 Å². The van der Waals surface area contributed by atoms with Gasteiger partial charge in [-0.1, -0.05) is 107 Å². The van der Waals surface area contributed by atoms with Crippen molar-refractivity contribution in [2.24, 2.45) is 0 Å². The minimum Gasteiger partial charge on any atom is -0.457 e. The van der Waals surface area contributed by atoms with Gasteiger partial charge >= 0.3 is 13.8 Å². The molecule has 0 spiro atoms. The number of allylic oxidation sites excluding steroid dienone is 10. The highest BCUT2D eigenvalue weighted by atomic mass is 31.2. The molecule has 47 heavy (non-hydrogen) atoms. The van der Waals surface area contributed by atoms with Crippen molar-refractivity contribution in [3.8, 4) is 0 Å². The molecule has 0 fully saturated rings. The Bertz CT molecular complexity index is 914. The van der Waals surface area contributed by atoms with Crippen LogP contribution < -0.4 is 0 Å². The second-order valence-corrected chi connectivity index (χ2v) is 13.0. The first-order valence-corrected chi connectivity index (χ1v) is 19.3. The molecule has 3 atom stereocenters. The van der Waals surface area contributed by atoms with E-state index in [1.165, 1.54) is 25.7 Å². The van der Waals surface area contributed by atoms with Gasteiger partial charge in [-0.05, 0) is 70.6 Å². The summed E-state index contributed by atoms with van der Waals surface area (Å²) in [6.45, 7) is 3.23. The quantitative estimate of drug-likeness (QED) is 0.0268. The molecule has 0 aliphatic heterocycles. The summed E-state index contributed by atoms with van der Waals surface area (Å²) in [6, 6.07) is 0. The predicted octanol–water partition coefficient (Wildman–Crippen LogP) is 8.85. The molecule has 0 heterocycles. The SMILES string of the molecule is CC/C=C\C/C=C\C/C=C\C/C=C\CCCCC(=O)OC(COCCCCCCCC/C=C\CCC)COP(=O)(O)OCC(O)CO. The maximum atomic E-state index is 12.5. The number of rotatable bonds is 33. The fourth-order valence-corrected chi connectivity index (χ4v) is 5.02. The number of hydrogen-bond acceptors (Lipinski definition) is 8. The third-order valence-electron chi connectivity index (χ3n) is 6.92. The van der Waals surface area contributed by atoms with Crippen molar-refractivity contribution in [2.45, 2.75) is 135 Å². The van der Waals surface area contributed by atoms with Gasteiger partial charge < -0.3 is 24.6 Å². The maximum Gasteiger partial charge on any atom is 0.472 e. The standard InChI is InChI=1S/C37H65O9P/c1-3-5-7-9-11-13-15-16-17-18-19-21-23-25-27-29-37(40)46-36(34-45-47(41,42)44-32-35(39)31-38)33-43-30-28-26-24-22-20-14-12-10-8-6-4-2/h5,7-8,10-11,13,16-17,19,21,35-36,38-39H,3-4,6,9,12,14-15,18,20,22-34H2,1-2H3,(H,41,42)/b7-5-,10-8-,13-11-,17-16-,21-19-. The van der Waals surface area contributed by atoms with Crippen LogP contribution in [0.3, 0.4) is 0 Å². The van der Waals surface area contributed by atoms with E-state index in [-0.39, 0.29) is 13.0 Å². The first kappa shape index (κ1) is 45.2. The molecule has 0 saturated heterocycles. The van der Waals surface area contributed by atoms with E-state index in [0.717, 1.165) is 70.6 Å². The van der Waals surface area contributed by atoms with E-state index in [1.54, 1.807) is 0 Å². The van der Waals surface area contributed by atoms with Crippen LogP contribution in [0.4, 0.5) is 0 Å². The lowest BCUT2D eigenvalue weighted by atomic mass is 10.1. The van der Waals surface area contributed by atoms with Crippen LogP contribution in [-0.2, 0) is 27.9 Å². The lowest BCUT2D eigenvalue weighted by molar-refractivity contribution is -0.154. The highest BCUT2D eigenvalue weighted by Crippen LogP contribution is 2.43. The van der Waals surface area contributed by atoms with Crippen LogP contribution in [0.1, 0.15) is 123 Å². The number of carbonyl (C=O) groups is 1. The molecule has 272 valence electrons. The predicted molar refractivity (Wildman–Crippen MR) is 191 cm³/mol. The number of ether oxygens (including phenoxy) is 2. The van der Waals surface area contributed by atoms with Crippen molar-refractivity contribution in [2.75, 3.05) is 33.0 Å². The number of carbonyl (C=O) groups excluding carboxylic acids is 1. The molecule has 0 aliphatic carbocycles. The largest absolute Gasteiger partial charge is 0.472 e. The summed E-state index contributed by atoms with van der Waals surface area (Å²) in [7, 11) is -4.52. The average Bonchev–Trinajstić information content (AvgIpc) is 3.06. The summed E-state index contributed by atoms with van der Waals surface area (Å²) in [4.78, 5) is 22.4. The number of esters is 1. The normalized spacial score (nSPS) is 15.1. The Morgan fingerprint density at radius 2 is 1.21 bits per heavy atom. The Balaban J connectivity index is 4.38. The van der Waals surface area contributed by atoms with Crippen molar-refractivity contribution >= 4 is 13.8 Å². The summed E-state index contributed by atoms with van der Waals surface area (Å²) >= 11 is 0. The van der Waals surface area contributed by atoms with E-state index in [9.17, 15) is 19.4 Å². The highest BCUT2D eigenvalue weighted by molar-refractivity contribution is 7.47. The number of aliphatic hydroxyl groups excluding tert-OH is 2. The molecular formula is C37H65O9P. The molecule has 0 amide bonds. The number of phosphoric ester groups is 1. The molecule has 9 nitrogen and oxygen atoms in total. The van der Waals surface area contributed by atoms with Crippen LogP contribution in [-0.4, -0.2) is 66.3 Å².